The first kappa shape index (κ1) is 14.2. The van der Waals surface area contributed by atoms with Gasteiger partial charge in [0.1, 0.15) is 12.5 Å². The van der Waals surface area contributed by atoms with Crippen molar-refractivity contribution >= 4 is 23.4 Å². The smallest absolute Gasteiger partial charge is 0.320 e. The Balaban J connectivity index is 2.31. The molecule has 2 aromatic heterocycles. The van der Waals surface area contributed by atoms with Crippen LogP contribution >= 0.6 is 11.8 Å². The second-order valence-electron chi connectivity index (χ2n) is 3.84. The molecular formula is C10H13N7O2S. The molecule has 0 spiro atoms. The quantitative estimate of drug-likeness (QED) is 0.484. The van der Waals surface area contributed by atoms with E-state index in [0.29, 0.717) is 17.6 Å². The molecular weight excluding hydrogens is 282 g/mol. The van der Waals surface area contributed by atoms with Gasteiger partial charge < -0.3 is 5.32 Å². The van der Waals surface area contributed by atoms with Gasteiger partial charge in [-0.25, -0.2) is 14.6 Å². The fraction of sp³-hybridized carbons (Fsp3) is 0.400. The van der Waals surface area contributed by atoms with Crippen LogP contribution in [0.5, 0.6) is 0 Å². The van der Waals surface area contributed by atoms with Crippen LogP contribution in [0.2, 0.25) is 0 Å². The van der Waals surface area contributed by atoms with Crippen LogP contribution < -0.4 is 5.32 Å². The van der Waals surface area contributed by atoms with Crippen LogP contribution in [0.3, 0.4) is 0 Å². The predicted octanol–water partition coefficient (Wildman–Crippen LogP) is 1.49. The number of nitrogens with one attached hydrogen (secondary N) is 1. The molecule has 0 atom stereocenters. The monoisotopic (exact) mass is 295 g/mol. The van der Waals surface area contributed by atoms with Gasteiger partial charge in [-0.15, -0.1) is 0 Å². The third-order valence-electron chi connectivity index (χ3n) is 2.32. The topological polar surface area (TPSA) is 112 Å². The van der Waals surface area contributed by atoms with E-state index in [4.69, 9.17) is 0 Å². The number of anilines is 1. The van der Waals surface area contributed by atoms with Gasteiger partial charge in [-0.1, -0.05) is 6.92 Å². The Hall–Kier alpha value is -2.23. The van der Waals surface area contributed by atoms with E-state index in [1.807, 2.05) is 6.92 Å². The normalized spacial score (nSPS) is 10.5. The Morgan fingerprint density at radius 3 is 2.90 bits per heavy atom. The van der Waals surface area contributed by atoms with E-state index in [9.17, 15) is 10.1 Å². The van der Waals surface area contributed by atoms with Crippen molar-refractivity contribution in [3.05, 3.63) is 22.6 Å². The van der Waals surface area contributed by atoms with Gasteiger partial charge in [-0.05, 0) is 18.2 Å². The molecule has 0 unspecified atom stereocenters. The highest BCUT2D eigenvalue weighted by molar-refractivity contribution is 7.99. The van der Waals surface area contributed by atoms with Crippen molar-refractivity contribution in [2.45, 2.75) is 23.5 Å². The number of nitro groups is 1. The molecule has 10 heteroatoms. The summed E-state index contributed by atoms with van der Waals surface area (Å²) in [6, 6.07) is 0. The Morgan fingerprint density at radius 1 is 1.50 bits per heavy atom. The van der Waals surface area contributed by atoms with Crippen molar-refractivity contribution in [1.82, 2.24) is 24.7 Å². The van der Waals surface area contributed by atoms with Crippen molar-refractivity contribution in [3.8, 4) is 0 Å². The average molecular weight is 295 g/mol. The third-order valence-corrected chi connectivity index (χ3v) is 3.37. The number of rotatable bonds is 6. The van der Waals surface area contributed by atoms with Crippen LogP contribution in [-0.4, -0.2) is 36.2 Å². The molecule has 0 bridgehead atoms. The van der Waals surface area contributed by atoms with Crippen LogP contribution in [0.4, 0.5) is 11.6 Å². The van der Waals surface area contributed by atoms with Crippen LogP contribution in [0, 0.1) is 10.1 Å². The maximum Gasteiger partial charge on any atom is 0.320 e. The van der Waals surface area contributed by atoms with Gasteiger partial charge in [0.2, 0.25) is 5.95 Å². The van der Waals surface area contributed by atoms with Gasteiger partial charge in [-0.3, -0.25) is 10.1 Å². The van der Waals surface area contributed by atoms with Gasteiger partial charge in [0.05, 0.1) is 4.92 Å². The Morgan fingerprint density at radius 2 is 2.30 bits per heavy atom. The summed E-state index contributed by atoms with van der Waals surface area (Å²) in [4.78, 5) is 22.6. The minimum Gasteiger partial charge on any atom is -0.354 e. The molecule has 106 valence electrons. The highest BCUT2D eigenvalue weighted by Gasteiger charge is 2.20. The maximum absolute atomic E-state index is 11.0. The molecule has 20 heavy (non-hydrogen) atoms. The van der Waals surface area contributed by atoms with Gasteiger partial charge in [0, 0.05) is 13.6 Å². The fourth-order valence-corrected chi connectivity index (χ4v) is 2.16. The van der Waals surface area contributed by atoms with E-state index < -0.39 is 4.92 Å². The molecule has 2 heterocycles. The highest BCUT2D eigenvalue weighted by atomic mass is 32.2. The number of aromatic nitrogens is 5. The number of nitrogens with zero attached hydrogens (tertiary/aromatic N) is 6. The lowest BCUT2D eigenvalue weighted by Gasteiger charge is -2.05. The van der Waals surface area contributed by atoms with Crippen LogP contribution in [-0.2, 0) is 7.05 Å². The predicted molar refractivity (Wildman–Crippen MR) is 72.6 cm³/mol. The van der Waals surface area contributed by atoms with Gasteiger partial charge >= 0.3 is 5.69 Å². The first-order valence-electron chi connectivity index (χ1n) is 5.89. The highest BCUT2D eigenvalue weighted by Crippen LogP contribution is 2.31. The van der Waals surface area contributed by atoms with Gasteiger partial charge in [0.15, 0.2) is 10.2 Å². The zero-order valence-electron chi connectivity index (χ0n) is 11.0. The number of hydrogen-bond acceptors (Lipinski definition) is 8. The standard InChI is InChI=1S/C10H13N7O2S/c1-3-4-11-9-12-5-7(17(18)19)8(15-9)20-10-13-6-14-16(10)2/h5-6H,3-4H2,1-2H3,(H,11,12,15). The summed E-state index contributed by atoms with van der Waals surface area (Å²) in [5, 5.41) is 18.7. The molecule has 0 fully saturated rings. The summed E-state index contributed by atoms with van der Waals surface area (Å²) in [6.45, 7) is 2.71. The fourth-order valence-electron chi connectivity index (χ4n) is 1.35. The average Bonchev–Trinajstić information content (AvgIpc) is 2.82. The van der Waals surface area contributed by atoms with Crippen molar-refractivity contribution < 1.29 is 4.92 Å². The molecule has 0 radical (unpaired) electrons. The zero-order chi connectivity index (χ0) is 14.5. The Kier molecular flexibility index (Phi) is 4.45. The van der Waals surface area contributed by atoms with Crippen molar-refractivity contribution in [3.63, 3.8) is 0 Å². The molecule has 0 saturated carbocycles. The molecule has 9 nitrogen and oxygen atoms in total. The summed E-state index contributed by atoms with van der Waals surface area (Å²) < 4.78 is 1.52. The molecule has 0 aliphatic heterocycles. The third kappa shape index (κ3) is 3.20. The van der Waals surface area contributed by atoms with Crippen LogP contribution in [0.15, 0.2) is 22.7 Å². The van der Waals surface area contributed by atoms with Crippen LogP contribution in [0.25, 0.3) is 0 Å². The summed E-state index contributed by atoms with van der Waals surface area (Å²) >= 11 is 1.08. The molecule has 0 amide bonds. The second-order valence-corrected chi connectivity index (χ2v) is 4.79. The minimum atomic E-state index is -0.512. The zero-order valence-corrected chi connectivity index (χ0v) is 11.8. The van der Waals surface area contributed by atoms with Gasteiger partial charge in [0.25, 0.3) is 0 Å². The molecule has 2 rings (SSSR count). The van der Waals surface area contributed by atoms with E-state index in [2.05, 4.69) is 25.4 Å². The van der Waals surface area contributed by atoms with E-state index in [-0.39, 0.29) is 10.7 Å². The van der Waals surface area contributed by atoms with Crippen LogP contribution in [0.1, 0.15) is 13.3 Å². The van der Waals surface area contributed by atoms with Crippen molar-refractivity contribution in [2.24, 2.45) is 7.05 Å². The van der Waals surface area contributed by atoms with E-state index >= 15 is 0 Å². The lowest BCUT2D eigenvalue weighted by atomic mass is 10.5. The molecule has 1 N–H and O–H groups in total. The minimum absolute atomic E-state index is 0.153. The molecule has 0 aliphatic rings. The summed E-state index contributed by atoms with van der Waals surface area (Å²) in [5.74, 6) is 0.363. The maximum atomic E-state index is 11.0. The second kappa shape index (κ2) is 6.28. The van der Waals surface area contributed by atoms with E-state index in [1.165, 1.54) is 17.2 Å². The lowest BCUT2D eigenvalue weighted by Crippen LogP contribution is -2.06. The van der Waals surface area contributed by atoms with E-state index in [1.54, 1.807) is 7.05 Å². The first-order valence-corrected chi connectivity index (χ1v) is 6.70. The molecule has 0 aromatic carbocycles. The molecule has 0 saturated heterocycles. The van der Waals surface area contributed by atoms with E-state index in [0.717, 1.165) is 18.2 Å². The summed E-state index contributed by atoms with van der Waals surface area (Å²) in [7, 11) is 1.71. The number of hydrogen-bond donors (Lipinski definition) is 1. The lowest BCUT2D eigenvalue weighted by molar-refractivity contribution is -0.388. The Bertz CT molecular complexity index is 615. The Labute approximate surface area is 119 Å². The summed E-state index contributed by atoms with van der Waals surface area (Å²) in [6.07, 6.45) is 3.49. The molecule has 2 aromatic rings. The number of aryl methyl sites for hydroxylation is 1. The SMILES string of the molecule is CCCNc1ncc([N+](=O)[O-])c(Sc2ncnn2C)n1. The largest absolute Gasteiger partial charge is 0.354 e. The summed E-state index contributed by atoms with van der Waals surface area (Å²) in [5.41, 5.74) is -0.153. The van der Waals surface area contributed by atoms with Crippen molar-refractivity contribution in [1.29, 1.82) is 0 Å². The molecule has 0 aliphatic carbocycles. The van der Waals surface area contributed by atoms with Crippen molar-refractivity contribution in [2.75, 3.05) is 11.9 Å². The van der Waals surface area contributed by atoms with Gasteiger partial charge in [-0.2, -0.15) is 10.1 Å². The first-order chi connectivity index (χ1) is 9.61.